The topological polar surface area (TPSA) is 29.3 Å². The minimum atomic E-state index is -0.279. The zero-order chi connectivity index (χ0) is 14.0. The van der Waals surface area contributed by atoms with Gasteiger partial charge in [-0.2, -0.15) is 0 Å². The van der Waals surface area contributed by atoms with Gasteiger partial charge in [0.2, 0.25) is 0 Å². The number of hydrogen-bond acceptors (Lipinski definition) is 2. The summed E-state index contributed by atoms with van der Waals surface area (Å²) in [6.45, 7) is 0. The highest BCUT2D eigenvalue weighted by Crippen LogP contribution is 2.32. The van der Waals surface area contributed by atoms with E-state index in [1.165, 1.54) is 19.3 Å². The number of benzene rings is 1. The van der Waals surface area contributed by atoms with Gasteiger partial charge in [0.05, 0.1) is 10.2 Å². The van der Waals surface area contributed by atoms with Gasteiger partial charge < -0.3 is 10.6 Å². The van der Waals surface area contributed by atoms with Crippen LogP contribution < -0.4 is 10.6 Å². The first-order valence-corrected chi connectivity index (χ1v) is 7.73. The van der Waals surface area contributed by atoms with E-state index in [1.807, 2.05) is 11.9 Å². The lowest BCUT2D eigenvalue weighted by Gasteiger charge is -2.33. The van der Waals surface area contributed by atoms with Crippen LogP contribution in [0, 0.1) is 5.82 Å². The van der Waals surface area contributed by atoms with Crippen LogP contribution in [0.15, 0.2) is 16.6 Å². The predicted molar refractivity (Wildman–Crippen MR) is 85.3 cm³/mol. The summed E-state index contributed by atoms with van der Waals surface area (Å²) in [6, 6.07) is 3.97. The van der Waals surface area contributed by atoms with E-state index in [0.717, 1.165) is 12.8 Å². The number of nitrogens with two attached hydrogens (primary N) is 1. The van der Waals surface area contributed by atoms with Crippen molar-refractivity contribution in [1.82, 2.24) is 0 Å². The van der Waals surface area contributed by atoms with Crippen LogP contribution in [-0.4, -0.2) is 18.1 Å². The number of anilines is 1. The Morgan fingerprint density at radius 3 is 2.58 bits per heavy atom. The van der Waals surface area contributed by atoms with Gasteiger partial charge in [0.15, 0.2) is 5.82 Å². The van der Waals surface area contributed by atoms with Gasteiger partial charge in [-0.05, 0) is 40.9 Å². The maximum atomic E-state index is 14.4. The van der Waals surface area contributed by atoms with Gasteiger partial charge in [-0.25, -0.2) is 4.39 Å². The third-order valence-corrected chi connectivity index (χ3v) is 4.82. The molecule has 0 bridgehead atoms. The SMILES string of the molecule is CN(c1ccc(C(N)=S)c(Br)c1F)C1CCCCC1. The number of rotatable bonds is 3. The molecule has 0 radical (unpaired) electrons. The second-order valence-corrected chi connectivity index (χ2v) is 6.26. The Morgan fingerprint density at radius 1 is 1.37 bits per heavy atom. The third kappa shape index (κ3) is 3.08. The molecule has 104 valence electrons. The first kappa shape index (κ1) is 14.7. The van der Waals surface area contributed by atoms with Crippen LogP contribution in [0.4, 0.5) is 10.1 Å². The van der Waals surface area contributed by atoms with Crippen molar-refractivity contribution in [2.24, 2.45) is 5.73 Å². The minimum Gasteiger partial charge on any atom is -0.389 e. The Morgan fingerprint density at radius 2 is 2.00 bits per heavy atom. The first-order valence-electron chi connectivity index (χ1n) is 6.53. The van der Waals surface area contributed by atoms with Gasteiger partial charge in [0.25, 0.3) is 0 Å². The van der Waals surface area contributed by atoms with Crippen molar-refractivity contribution in [3.8, 4) is 0 Å². The second-order valence-electron chi connectivity index (χ2n) is 5.03. The average Bonchev–Trinajstić information content (AvgIpc) is 2.41. The van der Waals surface area contributed by atoms with Crippen molar-refractivity contribution >= 4 is 38.8 Å². The summed E-state index contributed by atoms with van der Waals surface area (Å²) in [5, 5.41) is 0. The molecule has 1 aromatic carbocycles. The van der Waals surface area contributed by atoms with E-state index in [0.29, 0.717) is 21.8 Å². The molecule has 19 heavy (non-hydrogen) atoms. The van der Waals surface area contributed by atoms with E-state index in [9.17, 15) is 4.39 Å². The molecule has 1 fully saturated rings. The number of hydrogen-bond donors (Lipinski definition) is 1. The van der Waals surface area contributed by atoms with Crippen molar-refractivity contribution in [3.05, 3.63) is 28.0 Å². The highest BCUT2D eigenvalue weighted by atomic mass is 79.9. The predicted octanol–water partition coefficient (Wildman–Crippen LogP) is 3.99. The molecule has 0 saturated heterocycles. The molecular weight excluding hydrogens is 327 g/mol. The fourth-order valence-electron chi connectivity index (χ4n) is 2.67. The monoisotopic (exact) mass is 344 g/mol. The molecule has 1 saturated carbocycles. The van der Waals surface area contributed by atoms with Crippen LogP contribution in [0.3, 0.4) is 0 Å². The molecule has 0 heterocycles. The van der Waals surface area contributed by atoms with Gasteiger partial charge in [-0.3, -0.25) is 0 Å². The van der Waals surface area contributed by atoms with Crippen LogP contribution in [0.2, 0.25) is 0 Å². The summed E-state index contributed by atoms with van der Waals surface area (Å²) in [5.74, 6) is -0.279. The van der Waals surface area contributed by atoms with E-state index in [-0.39, 0.29) is 10.8 Å². The Kier molecular flexibility index (Phi) is 4.79. The summed E-state index contributed by atoms with van der Waals surface area (Å²) >= 11 is 8.17. The third-order valence-electron chi connectivity index (χ3n) is 3.83. The molecule has 2 nitrogen and oxygen atoms in total. The van der Waals surface area contributed by atoms with Gasteiger partial charge in [0.1, 0.15) is 4.99 Å². The van der Waals surface area contributed by atoms with E-state index < -0.39 is 0 Å². The molecule has 0 spiro atoms. The normalized spacial score (nSPS) is 16.4. The standard InChI is InChI=1S/C14H18BrFN2S/c1-18(9-5-3-2-4-6-9)11-8-7-10(14(17)19)12(15)13(11)16/h7-9H,2-6H2,1H3,(H2,17,19). The molecular formula is C14H18BrFN2S. The van der Waals surface area contributed by atoms with Gasteiger partial charge in [-0.1, -0.05) is 31.5 Å². The Bertz CT molecular complexity index is 487. The van der Waals surface area contributed by atoms with E-state index in [2.05, 4.69) is 15.9 Å². The summed E-state index contributed by atoms with van der Waals surface area (Å²) in [6.07, 6.45) is 6.00. The smallest absolute Gasteiger partial charge is 0.161 e. The van der Waals surface area contributed by atoms with Gasteiger partial charge in [0, 0.05) is 18.7 Å². The van der Waals surface area contributed by atoms with Crippen molar-refractivity contribution in [2.75, 3.05) is 11.9 Å². The highest BCUT2D eigenvalue weighted by molar-refractivity contribution is 9.10. The van der Waals surface area contributed by atoms with Crippen LogP contribution >= 0.6 is 28.1 Å². The summed E-state index contributed by atoms with van der Waals surface area (Å²) < 4.78 is 14.8. The zero-order valence-electron chi connectivity index (χ0n) is 11.0. The van der Waals surface area contributed by atoms with Crippen LogP contribution in [-0.2, 0) is 0 Å². The van der Waals surface area contributed by atoms with Gasteiger partial charge >= 0.3 is 0 Å². The lowest BCUT2D eigenvalue weighted by molar-refractivity contribution is 0.424. The van der Waals surface area contributed by atoms with Crippen molar-refractivity contribution in [2.45, 2.75) is 38.1 Å². The molecule has 5 heteroatoms. The van der Waals surface area contributed by atoms with E-state index in [4.69, 9.17) is 18.0 Å². The summed E-state index contributed by atoms with van der Waals surface area (Å²) in [5.41, 5.74) is 6.73. The van der Waals surface area contributed by atoms with Crippen molar-refractivity contribution in [3.63, 3.8) is 0 Å². The first-order chi connectivity index (χ1) is 9.02. The molecule has 1 aliphatic carbocycles. The molecule has 0 atom stereocenters. The molecule has 1 aromatic rings. The highest BCUT2D eigenvalue weighted by Gasteiger charge is 2.22. The second kappa shape index (κ2) is 6.18. The number of halogens is 2. The van der Waals surface area contributed by atoms with E-state index >= 15 is 0 Å². The number of nitrogens with zero attached hydrogens (tertiary/aromatic N) is 1. The quantitative estimate of drug-likeness (QED) is 0.840. The maximum absolute atomic E-state index is 14.4. The Labute approximate surface area is 127 Å². The van der Waals surface area contributed by atoms with Crippen molar-refractivity contribution in [1.29, 1.82) is 0 Å². The molecule has 0 aliphatic heterocycles. The fourth-order valence-corrected chi connectivity index (χ4v) is 3.52. The molecule has 0 aromatic heterocycles. The molecule has 2 N–H and O–H groups in total. The Balaban J connectivity index is 2.29. The molecule has 0 amide bonds. The average molecular weight is 345 g/mol. The van der Waals surface area contributed by atoms with E-state index in [1.54, 1.807) is 12.1 Å². The summed E-state index contributed by atoms with van der Waals surface area (Å²) in [7, 11) is 1.96. The van der Waals surface area contributed by atoms with Gasteiger partial charge in [-0.15, -0.1) is 0 Å². The fraction of sp³-hybridized carbons (Fsp3) is 0.500. The molecule has 2 rings (SSSR count). The van der Waals surface area contributed by atoms with Crippen molar-refractivity contribution < 1.29 is 4.39 Å². The lowest BCUT2D eigenvalue weighted by atomic mass is 9.94. The molecule has 1 aliphatic rings. The Hall–Kier alpha value is -0.680. The lowest BCUT2D eigenvalue weighted by Crippen LogP contribution is -2.34. The zero-order valence-corrected chi connectivity index (χ0v) is 13.4. The largest absolute Gasteiger partial charge is 0.389 e. The van der Waals surface area contributed by atoms with Crippen LogP contribution in [0.1, 0.15) is 37.7 Å². The summed E-state index contributed by atoms with van der Waals surface area (Å²) in [4.78, 5) is 2.25. The minimum absolute atomic E-state index is 0.206. The van der Waals surface area contributed by atoms with Crippen LogP contribution in [0.25, 0.3) is 0 Å². The van der Waals surface area contributed by atoms with Crippen LogP contribution in [0.5, 0.6) is 0 Å². The maximum Gasteiger partial charge on any atom is 0.161 e. The number of thiocarbonyl (C=S) groups is 1. The molecule has 0 unspecified atom stereocenters.